The topological polar surface area (TPSA) is 19.9 Å². The highest BCUT2D eigenvalue weighted by molar-refractivity contribution is 6.31. The smallest absolute Gasteiger partial charge is 0.0862 e. The van der Waals surface area contributed by atoms with Gasteiger partial charge in [0.25, 0.3) is 0 Å². The Bertz CT molecular complexity index is 451. The van der Waals surface area contributed by atoms with E-state index in [2.05, 4.69) is 0 Å². The molecule has 0 atom stereocenters. The highest BCUT2D eigenvalue weighted by Gasteiger charge is 1.97. The molecule has 0 saturated heterocycles. The normalized spacial score (nSPS) is 10.7. The van der Waals surface area contributed by atoms with E-state index in [1.54, 1.807) is 0 Å². The van der Waals surface area contributed by atoms with Crippen LogP contribution in [0.5, 0.6) is 0 Å². The van der Waals surface area contributed by atoms with Crippen molar-refractivity contribution in [3.05, 3.63) is 47.0 Å². The van der Waals surface area contributed by atoms with Crippen molar-refractivity contribution < 1.29 is 5.11 Å². The minimum absolute atomic E-state index is 0.0565. The fourth-order valence-corrected chi connectivity index (χ4v) is 1.72. The summed E-state index contributed by atoms with van der Waals surface area (Å²) in [5.74, 6) is 0. The van der Waals surface area contributed by atoms with Gasteiger partial charge in [-0.15, -0.1) is 0 Å². The van der Waals surface area contributed by atoms with Crippen molar-refractivity contribution in [1.29, 1.82) is 0 Å². The Morgan fingerprint density at radius 3 is 2.50 bits per heavy atom. The van der Waals surface area contributed by atoms with E-state index in [1.807, 2.05) is 36.4 Å². The summed E-state index contributed by atoms with van der Waals surface area (Å²) in [7, 11) is 0. The van der Waals surface area contributed by atoms with Crippen molar-refractivity contribution in [2.24, 2.45) is 0 Å². The Balaban J connectivity index is 2.50. The largest absolute Gasteiger partial charge is 0.236 e. The molecule has 0 aliphatic heterocycles. The van der Waals surface area contributed by atoms with Crippen LogP contribution in [0.3, 0.4) is 0 Å². The van der Waals surface area contributed by atoms with Gasteiger partial charge in [-0.2, -0.15) is 0 Å². The molecule has 2 rings (SSSR count). The first-order chi connectivity index (χ1) is 6.79. The third-order valence-corrected chi connectivity index (χ3v) is 2.49. The Kier molecular flexibility index (Phi) is 2.71. The van der Waals surface area contributed by atoms with Crippen LogP contribution in [0.25, 0.3) is 10.8 Å². The predicted molar refractivity (Wildman–Crippen MR) is 58.2 cm³/mol. The molecule has 0 fully saturated rings. The van der Waals surface area contributed by atoms with Gasteiger partial charge in [-0.1, -0.05) is 35.9 Å². The average Bonchev–Trinajstić information content (AvgIpc) is 2.19. The summed E-state index contributed by atoms with van der Waals surface area (Å²) in [6, 6.07) is 11.8. The van der Waals surface area contributed by atoms with Crippen molar-refractivity contribution in [1.82, 2.24) is 0 Å². The maximum atomic E-state index is 10.5. The molecule has 1 radical (unpaired) electrons. The first-order valence-electron chi connectivity index (χ1n) is 4.56. The molecule has 0 N–H and O–H groups in total. The molecule has 0 heterocycles. The molecule has 2 aromatic rings. The van der Waals surface area contributed by atoms with E-state index in [4.69, 9.17) is 11.6 Å². The fourth-order valence-electron chi connectivity index (χ4n) is 1.54. The lowest BCUT2D eigenvalue weighted by Gasteiger charge is -2.01. The molecule has 0 amide bonds. The first-order valence-corrected chi connectivity index (χ1v) is 4.94. The number of benzene rings is 2. The van der Waals surface area contributed by atoms with Crippen LogP contribution in [0, 0.1) is 0 Å². The van der Waals surface area contributed by atoms with Crippen LogP contribution in [0.4, 0.5) is 0 Å². The van der Waals surface area contributed by atoms with E-state index in [1.165, 1.54) is 0 Å². The molecule has 71 valence electrons. The Hall–Kier alpha value is -1.05. The van der Waals surface area contributed by atoms with Gasteiger partial charge >= 0.3 is 0 Å². The van der Waals surface area contributed by atoms with E-state index >= 15 is 0 Å². The number of fused-ring (bicyclic) bond motifs is 1. The van der Waals surface area contributed by atoms with E-state index in [0.717, 1.165) is 21.4 Å². The maximum Gasteiger partial charge on any atom is 0.0862 e. The van der Waals surface area contributed by atoms with Crippen LogP contribution in [-0.4, -0.2) is 6.61 Å². The Labute approximate surface area is 87.9 Å². The first kappa shape index (κ1) is 9.50. The molecule has 0 unspecified atom stereocenters. The standard InChI is InChI=1S/C12H10ClO/c13-12-4-3-10-7-9(5-6-14)1-2-11(10)8-12/h1-4,7-8H,5-6H2. The van der Waals surface area contributed by atoms with Crippen LogP contribution < -0.4 is 0 Å². The van der Waals surface area contributed by atoms with Gasteiger partial charge in [-0.25, -0.2) is 5.11 Å². The summed E-state index contributed by atoms with van der Waals surface area (Å²) in [4.78, 5) is 0. The van der Waals surface area contributed by atoms with E-state index < -0.39 is 0 Å². The van der Waals surface area contributed by atoms with Crippen molar-refractivity contribution in [3.63, 3.8) is 0 Å². The van der Waals surface area contributed by atoms with Gasteiger partial charge in [0.1, 0.15) is 0 Å². The van der Waals surface area contributed by atoms with Gasteiger partial charge in [-0.3, -0.25) is 0 Å². The minimum atomic E-state index is -0.0565. The molecule has 0 aliphatic carbocycles. The molecule has 0 aliphatic rings. The van der Waals surface area contributed by atoms with Gasteiger partial charge in [0.2, 0.25) is 0 Å². The van der Waals surface area contributed by atoms with Crippen LogP contribution in [0.2, 0.25) is 5.02 Å². The molecule has 0 spiro atoms. The molecular formula is C12H10ClO. The molecule has 0 saturated carbocycles. The molecule has 1 nitrogen and oxygen atoms in total. The summed E-state index contributed by atoms with van der Waals surface area (Å²) < 4.78 is 0. The van der Waals surface area contributed by atoms with Gasteiger partial charge in [0, 0.05) is 5.02 Å². The summed E-state index contributed by atoms with van der Waals surface area (Å²) in [6.45, 7) is -0.0565. The lowest BCUT2D eigenvalue weighted by atomic mass is 10.1. The fraction of sp³-hybridized carbons (Fsp3) is 0.167. The summed E-state index contributed by atoms with van der Waals surface area (Å²) >= 11 is 5.87. The van der Waals surface area contributed by atoms with Gasteiger partial charge in [-0.05, 0) is 34.9 Å². The third kappa shape index (κ3) is 1.89. The second kappa shape index (κ2) is 3.99. The zero-order valence-electron chi connectivity index (χ0n) is 7.66. The average molecular weight is 206 g/mol. The highest BCUT2D eigenvalue weighted by Crippen LogP contribution is 2.20. The van der Waals surface area contributed by atoms with Crippen LogP contribution in [-0.2, 0) is 11.5 Å². The number of rotatable bonds is 2. The molecule has 0 bridgehead atoms. The van der Waals surface area contributed by atoms with Crippen LogP contribution in [0.15, 0.2) is 36.4 Å². The van der Waals surface area contributed by atoms with Crippen molar-refractivity contribution in [2.75, 3.05) is 6.61 Å². The number of halogens is 1. The van der Waals surface area contributed by atoms with Crippen LogP contribution in [0.1, 0.15) is 5.56 Å². The monoisotopic (exact) mass is 205 g/mol. The zero-order valence-corrected chi connectivity index (χ0v) is 8.42. The Morgan fingerprint density at radius 1 is 1.00 bits per heavy atom. The molecule has 2 heteroatoms. The molecule has 2 aromatic carbocycles. The third-order valence-electron chi connectivity index (χ3n) is 2.26. The molecule has 0 aromatic heterocycles. The van der Waals surface area contributed by atoms with E-state index in [-0.39, 0.29) is 6.61 Å². The molecule has 14 heavy (non-hydrogen) atoms. The van der Waals surface area contributed by atoms with Gasteiger partial charge < -0.3 is 0 Å². The minimum Gasteiger partial charge on any atom is -0.236 e. The van der Waals surface area contributed by atoms with E-state index in [9.17, 15) is 5.11 Å². The van der Waals surface area contributed by atoms with E-state index in [0.29, 0.717) is 6.42 Å². The lowest BCUT2D eigenvalue weighted by Crippen LogP contribution is -1.88. The predicted octanol–water partition coefficient (Wildman–Crippen LogP) is 3.47. The summed E-state index contributed by atoms with van der Waals surface area (Å²) in [5.41, 5.74) is 1.09. The number of hydrogen-bond acceptors (Lipinski definition) is 0. The lowest BCUT2D eigenvalue weighted by molar-refractivity contribution is 0.197. The van der Waals surface area contributed by atoms with Crippen LogP contribution >= 0.6 is 11.6 Å². The summed E-state index contributed by atoms with van der Waals surface area (Å²) in [5, 5.41) is 13.5. The van der Waals surface area contributed by atoms with Gasteiger partial charge in [0.15, 0.2) is 0 Å². The second-order valence-electron chi connectivity index (χ2n) is 3.28. The summed E-state index contributed by atoms with van der Waals surface area (Å²) in [6.07, 6.45) is 0.596. The highest BCUT2D eigenvalue weighted by atomic mass is 35.5. The zero-order chi connectivity index (χ0) is 9.97. The van der Waals surface area contributed by atoms with Crippen molar-refractivity contribution >= 4 is 22.4 Å². The molecular weight excluding hydrogens is 196 g/mol. The van der Waals surface area contributed by atoms with Crippen molar-refractivity contribution in [3.8, 4) is 0 Å². The quantitative estimate of drug-likeness (QED) is 0.716. The maximum absolute atomic E-state index is 10.5. The second-order valence-corrected chi connectivity index (χ2v) is 3.72. The van der Waals surface area contributed by atoms with Gasteiger partial charge in [0.05, 0.1) is 6.61 Å². The Morgan fingerprint density at radius 2 is 1.71 bits per heavy atom. The van der Waals surface area contributed by atoms with Crippen molar-refractivity contribution in [2.45, 2.75) is 6.42 Å². The number of hydrogen-bond donors (Lipinski definition) is 0. The SMILES string of the molecule is [O]CCc1ccc2cc(Cl)ccc2c1.